The van der Waals surface area contributed by atoms with Crippen LogP contribution in [-0.2, 0) is 4.79 Å². The van der Waals surface area contributed by atoms with Gasteiger partial charge in [0.15, 0.2) is 0 Å². The van der Waals surface area contributed by atoms with Crippen LogP contribution in [0.2, 0.25) is 5.02 Å². The highest BCUT2D eigenvalue weighted by Gasteiger charge is 2.46. The molecular weight excluding hydrogens is 348 g/mol. The topological polar surface area (TPSA) is 40.6 Å². The average Bonchev–Trinajstić information content (AvgIpc) is 3.49. The number of halogens is 1. The van der Waals surface area contributed by atoms with Crippen molar-refractivity contribution in [3.05, 3.63) is 70.7 Å². The number of rotatable bonds is 3. The largest absolute Gasteiger partial charge is 0.339 e. The summed E-state index contributed by atoms with van der Waals surface area (Å²) in [6, 6.07) is 17.3. The summed E-state index contributed by atoms with van der Waals surface area (Å²) in [5.41, 5.74) is 1.78. The molecule has 2 atom stereocenters. The first-order valence-corrected chi connectivity index (χ1v) is 9.40. The van der Waals surface area contributed by atoms with Gasteiger partial charge in [-0.05, 0) is 30.0 Å². The number of carbonyl (C=O) groups is 2. The standard InChI is InChI=1S/C21H21ClN2O2/c22-19-9-5-4-8-16(19)20(25)23-10-12-24(13-11-23)21(26)18-14-17(18)15-6-2-1-3-7-15/h1-9,17-18H,10-14H2. The van der Waals surface area contributed by atoms with Crippen LogP contribution >= 0.6 is 11.6 Å². The molecular formula is C21H21ClN2O2. The molecule has 2 aromatic rings. The molecule has 2 unspecified atom stereocenters. The highest BCUT2D eigenvalue weighted by Crippen LogP contribution is 2.48. The predicted octanol–water partition coefficient (Wildman–Crippen LogP) is 3.43. The molecule has 1 aliphatic carbocycles. The van der Waals surface area contributed by atoms with E-state index >= 15 is 0 Å². The van der Waals surface area contributed by atoms with Gasteiger partial charge in [0.2, 0.25) is 5.91 Å². The fourth-order valence-electron chi connectivity index (χ4n) is 3.71. The molecule has 5 heteroatoms. The van der Waals surface area contributed by atoms with Crippen LogP contribution in [0.15, 0.2) is 54.6 Å². The van der Waals surface area contributed by atoms with Crippen LogP contribution < -0.4 is 0 Å². The van der Waals surface area contributed by atoms with E-state index in [2.05, 4.69) is 12.1 Å². The van der Waals surface area contributed by atoms with Crippen LogP contribution in [0.4, 0.5) is 0 Å². The Kier molecular flexibility index (Phi) is 4.68. The van der Waals surface area contributed by atoms with Crippen molar-refractivity contribution in [2.75, 3.05) is 26.2 Å². The molecule has 0 spiro atoms. The molecule has 1 saturated heterocycles. The van der Waals surface area contributed by atoms with Crippen molar-refractivity contribution in [1.29, 1.82) is 0 Å². The maximum absolute atomic E-state index is 12.7. The molecule has 2 aromatic carbocycles. The lowest BCUT2D eigenvalue weighted by Crippen LogP contribution is -2.51. The van der Waals surface area contributed by atoms with Crippen molar-refractivity contribution in [2.45, 2.75) is 12.3 Å². The summed E-state index contributed by atoms with van der Waals surface area (Å²) in [5.74, 6) is 0.620. The van der Waals surface area contributed by atoms with Crippen molar-refractivity contribution in [1.82, 2.24) is 9.80 Å². The predicted molar refractivity (Wildman–Crippen MR) is 101 cm³/mol. The first kappa shape index (κ1) is 17.1. The molecule has 0 aromatic heterocycles. The van der Waals surface area contributed by atoms with Crippen molar-refractivity contribution in [3.63, 3.8) is 0 Å². The summed E-state index contributed by atoms with van der Waals surface area (Å²) in [6.45, 7) is 2.29. The van der Waals surface area contributed by atoms with Crippen LogP contribution in [-0.4, -0.2) is 47.8 Å². The number of hydrogen-bond acceptors (Lipinski definition) is 2. The number of piperazine rings is 1. The van der Waals surface area contributed by atoms with Crippen molar-refractivity contribution < 1.29 is 9.59 Å². The zero-order chi connectivity index (χ0) is 18.1. The van der Waals surface area contributed by atoms with E-state index in [1.54, 1.807) is 17.0 Å². The summed E-state index contributed by atoms with van der Waals surface area (Å²) in [5, 5.41) is 0.472. The second kappa shape index (κ2) is 7.12. The second-order valence-electron chi connectivity index (χ2n) is 6.96. The zero-order valence-electron chi connectivity index (χ0n) is 14.5. The molecule has 4 rings (SSSR count). The van der Waals surface area contributed by atoms with Gasteiger partial charge in [0, 0.05) is 32.1 Å². The zero-order valence-corrected chi connectivity index (χ0v) is 15.2. The van der Waals surface area contributed by atoms with Crippen LogP contribution in [0, 0.1) is 5.92 Å². The number of benzene rings is 2. The molecule has 2 aliphatic rings. The Labute approximate surface area is 158 Å². The number of amides is 2. The maximum Gasteiger partial charge on any atom is 0.255 e. The normalized spacial score (nSPS) is 22.2. The lowest BCUT2D eigenvalue weighted by Gasteiger charge is -2.35. The van der Waals surface area contributed by atoms with Gasteiger partial charge in [0.25, 0.3) is 5.91 Å². The Morgan fingerprint density at radius 1 is 0.846 bits per heavy atom. The van der Waals surface area contributed by atoms with Crippen LogP contribution in [0.3, 0.4) is 0 Å². The number of nitrogens with zero attached hydrogens (tertiary/aromatic N) is 2. The van der Waals surface area contributed by atoms with E-state index in [-0.39, 0.29) is 17.7 Å². The van der Waals surface area contributed by atoms with Gasteiger partial charge in [-0.1, -0.05) is 54.1 Å². The average molecular weight is 369 g/mol. The molecule has 134 valence electrons. The molecule has 2 fully saturated rings. The van der Waals surface area contributed by atoms with Gasteiger partial charge in [-0.2, -0.15) is 0 Å². The smallest absolute Gasteiger partial charge is 0.255 e. The first-order valence-electron chi connectivity index (χ1n) is 9.02. The lowest BCUT2D eigenvalue weighted by atomic mass is 10.1. The second-order valence-corrected chi connectivity index (χ2v) is 7.36. The van der Waals surface area contributed by atoms with Crippen molar-refractivity contribution in [3.8, 4) is 0 Å². The summed E-state index contributed by atoms with van der Waals surface area (Å²) in [6.07, 6.45) is 0.932. The van der Waals surface area contributed by atoms with E-state index < -0.39 is 0 Å². The Morgan fingerprint density at radius 3 is 2.15 bits per heavy atom. The quantitative estimate of drug-likeness (QED) is 0.832. The van der Waals surface area contributed by atoms with Crippen LogP contribution in [0.1, 0.15) is 28.3 Å². The van der Waals surface area contributed by atoms with Crippen LogP contribution in [0.25, 0.3) is 0 Å². The maximum atomic E-state index is 12.7. The molecule has 0 bridgehead atoms. The third-order valence-corrected chi connectivity index (χ3v) is 5.65. The number of hydrogen-bond donors (Lipinski definition) is 0. The number of carbonyl (C=O) groups excluding carboxylic acids is 2. The molecule has 0 N–H and O–H groups in total. The molecule has 1 saturated carbocycles. The molecule has 1 aliphatic heterocycles. The van der Waals surface area contributed by atoms with E-state index in [9.17, 15) is 9.59 Å². The van der Waals surface area contributed by atoms with Gasteiger partial charge in [0.1, 0.15) is 0 Å². The summed E-state index contributed by atoms with van der Waals surface area (Å²) in [4.78, 5) is 29.1. The van der Waals surface area contributed by atoms with Gasteiger partial charge in [0.05, 0.1) is 10.6 Å². The van der Waals surface area contributed by atoms with Crippen molar-refractivity contribution >= 4 is 23.4 Å². The van der Waals surface area contributed by atoms with Gasteiger partial charge in [-0.3, -0.25) is 9.59 Å². The van der Waals surface area contributed by atoms with E-state index in [0.29, 0.717) is 42.7 Å². The summed E-state index contributed by atoms with van der Waals surface area (Å²) >= 11 is 6.13. The lowest BCUT2D eigenvalue weighted by molar-refractivity contribution is -0.134. The fourth-order valence-corrected chi connectivity index (χ4v) is 3.92. The van der Waals surface area contributed by atoms with E-state index in [1.807, 2.05) is 35.2 Å². The minimum atomic E-state index is -0.0590. The Hall–Kier alpha value is -2.33. The SMILES string of the molecule is O=C(c1ccccc1Cl)N1CCN(C(=O)C2CC2c2ccccc2)CC1. The molecule has 0 radical (unpaired) electrons. The summed E-state index contributed by atoms with van der Waals surface area (Å²) in [7, 11) is 0. The highest BCUT2D eigenvalue weighted by molar-refractivity contribution is 6.33. The minimum absolute atomic E-state index is 0.0590. The molecule has 1 heterocycles. The third-order valence-electron chi connectivity index (χ3n) is 5.32. The fraction of sp³-hybridized carbons (Fsp3) is 0.333. The summed E-state index contributed by atoms with van der Waals surface area (Å²) < 4.78 is 0. The molecule has 2 amide bonds. The first-order chi connectivity index (χ1) is 12.6. The van der Waals surface area contributed by atoms with Gasteiger partial charge in [-0.25, -0.2) is 0 Å². The molecule has 4 nitrogen and oxygen atoms in total. The Morgan fingerprint density at radius 2 is 1.46 bits per heavy atom. The van der Waals surface area contributed by atoms with E-state index in [0.717, 1.165) is 6.42 Å². The van der Waals surface area contributed by atoms with Crippen LogP contribution in [0.5, 0.6) is 0 Å². The van der Waals surface area contributed by atoms with E-state index in [1.165, 1.54) is 5.56 Å². The third kappa shape index (κ3) is 3.34. The Bertz CT molecular complexity index is 816. The van der Waals surface area contributed by atoms with Gasteiger partial charge < -0.3 is 9.80 Å². The molecule has 26 heavy (non-hydrogen) atoms. The Balaban J connectivity index is 1.33. The van der Waals surface area contributed by atoms with Crippen molar-refractivity contribution in [2.24, 2.45) is 5.92 Å². The van der Waals surface area contributed by atoms with Gasteiger partial charge >= 0.3 is 0 Å². The van der Waals surface area contributed by atoms with E-state index in [4.69, 9.17) is 11.6 Å². The monoisotopic (exact) mass is 368 g/mol. The van der Waals surface area contributed by atoms with Gasteiger partial charge in [-0.15, -0.1) is 0 Å². The minimum Gasteiger partial charge on any atom is -0.339 e. The highest BCUT2D eigenvalue weighted by atomic mass is 35.5.